The predicted molar refractivity (Wildman–Crippen MR) is 109 cm³/mol. The number of fused-ring (bicyclic) bond motifs is 1. The largest absolute Gasteiger partial charge is 0.382 e. The molecular weight excluding hydrogens is 367 g/mol. The van der Waals surface area contributed by atoms with Crippen molar-refractivity contribution in [1.29, 1.82) is 0 Å². The standard InChI is InChI=1S/C23H19FN4O/c24-18-13-16(21(29)14-5-2-1-3-6-14)9-10-17(18)19-20-22(25)26-11-12-28(20)23(27-19)15-7-4-8-15/h1-3,5-6,9-13,15H,4,7-8H2,(H2,25,26). The van der Waals surface area contributed by atoms with Crippen molar-refractivity contribution in [3.05, 3.63) is 83.7 Å². The second-order valence-corrected chi connectivity index (χ2v) is 7.37. The minimum atomic E-state index is -0.504. The van der Waals surface area contributed by atoms with Gasteiger partial charge in [0, 0.05) is 35.0 Å². The molecule has 0 saturated heterocycles. The van der Waals surface area contributed by atoms with Crippen molar-refractivity contribution in [3.63, 3.8) is 0 Å². The van der Waals surface area contributed by atoms with Crippen molar-refractivity contribution in [1.82, 2.24) is 14.4 Å². The number of nitrogens with two attached hydrogens (primary N) is 1. The van der Waals surface area contributed by atoms with E-state index in [0.717, 1.165) is 18.7 Å². The molecule has 1 fully saturated rings. The van der Waals surface area contributed by atoms with Crippen LogP contribution in [-0.2, 0) is 0 Å². The van der Waals surface area contributed by atoms with Crippen LogP contribution < -0.4 is 5.73 Å². The van der Waals surface area contributed by atoms with Crippen molar-refractivity contribution in [2.45, 2.75) is 25.2 Å². The lowest BCUT2D eigenvalue weighted by Crippen LogP contribution is -2.12. The van der Waals surface area contributed by atoms with E-state index in [0.29, 0.717) is 39.6 Å². The zero-order valence-electron chi connectivity index (χ0n) is 15.7. The number of hydrogen-bond acceptors (Lipinski definition) is 4. The molecule has 2 aromatic carbocycles. The molecule has 5 nitrogen and oxygen atoms in total. The minimum absolute atomic E-state index is 0.220. The average molecular weight is 386 g/mol. The SMILES string of the molecule is Nc1nccn2c(C3CCC3)nc(-c3ccc(C(=O)c4ccccc4)cc3F)c12. The lowest BCUT2D eigenvalue weighted by molar-refractivity contribution is 0.103. The van der Waals surface area contributed by atoms with Crippen LogP contribution in [0, 0.1) is 5.82 Å². The monoisotopic (exact) mass is 386 g/mol. The second-order valence-electron chi connectivity index (χ2n) is 7.37. The summed E-state index contributed by atoms with van der Waals surface area (Å²) in [6.45, 7) is 0. The number of rotatable bonds is 4. The summed E-state index contributed by atoms with van der Waals surface area (Å²) >= 11 is 0. The first-order valence-electron chi connectivity index (χ1n) is 9.65. The summed E-state index contributed by atoms with van der Waals surface area (Å²) in [7, 11) is 0. The molecule has 0 aliphatic heterocycles. The molecule has 2 aromatic heterocycles. The fourth-order valence-electron chi connectivity index (χ4n) is 3.83. The number of carbonyl (C=O) groups is 1. The molecule has 29 heavy (non-hydrogen) atoms. The Balaban J connectivity index is 1.61. The number of halogens is 1. The molecule has 1 aliphatic rings. The quantitative estimate of drug-likeness (QED) is 0.520. The zero-order chi connectivity index (χ0) is 20.0. The molecule has 5 rings (SSSR count). The van der Waals surface area contributed by atoms with Gasteiger partial charge in [-0.05, 0) is 25.0 Å². The number of aromatic nitrogens is 3. The summed E-state index contributed by atoms with van der Waals surface area (Å²) in [4.78, 5) is 21.6. The fourth-order valence-corrected chi connectivity index (χ4v) is 3.83. The Labute approximate surface area is 167 Å². The third kappa shape index (κ3) is 2.88. The van der Waals surface area contributed by atoms with Crippen LogP contribution >= 0.6 is 0 Å². The summed E-state index contributed by atoms with van der Waals surface area (Å²) in [6.07, 6.45) is 6.75. The van der Waals surface area contributed by atoms with Gasteiger partial charge in [-0.1, -0.05) is 42.8 Å². The van der Waals surface area contributed by atoms with Gasteiger partial charge in [0.25, 0.3) is 0 Å². The Kier molecular flexibility index (Phi) is 4.12. The summed E-state index contributed by atoms with van der Waals surface area (Å²) in [5.74, 6) is 0.820. The second kappa shape index (κ2) is 6.81. The van der Waals surface area contributed by atoms with Gasteiger partial charge < -0.3 is 5.73 Å². The Bertz CT molecular complexity index is 1230. The zero-order valence-corrected chi connectivity index (χ0v) is 15.7. The highest BCUT2D eigenvalue weighted by atomic mass is 19.1. The third-order valence-corrected chi connectivity index (χ3v) is 5.60. The molecule has 0 unspecified atom stereocenters. The van der Waals surface area contributed by atoms with Gasteiger partial charge in [0.1, 0.15) is 28.7 Å². The van der Waals surface area contributed by atoms with Crippen LogP contribution in [0.15, 0.2) is 60.9 Å². The predicted octanol–water partition coefficient (Wildman–Crippen LogP) is 4.62. The van der Waals surface area contributed by atoms with Crippen LogP contribution in [0.2, 0.25) is 0 Å². The lowest BCUT2D eigenvalue weighted by atomic mass is 9.85. The summed E-state index contributed by atoms with van der Waals surface area (Å²) in [5.41, 5.74) is 8.33. The Hall–Kier alpha value is -3.54. The van der Waals surface area contributed by atoms with Gasteiger partial charge in [0.2, 0.25) is 0 Å². The molecule has 144 valence electrons. The van der Waals surface area contributed by atoms with E-state index in [1.807, 2.05) is 16.7 Å². The Morgan fingerprint density at radius 1 is 1.10 bits per heavy atom. The highest BCUT2D eigenvalue weighted by Crippen LogP contribution is 2.39. The smallest absolute Gasteiger partial charge is 0.193 e. The van der Waals surface area contributed by atoms with Crippen LogP contribution in [0.3, 0.4) is 0 Å². The average Bonchev–Trinajstić information content (AvgIpc) is 3.07. The first-order valence-corrected chi connectivity index (χ1v) is 9.65. The van der Waals surface area contributed by atoms with Gasteiger partial charge in [-0.2, -0.15) is 0 Å². The number of anilines is 1. The van der Waals surface area contributed by atoms with Gasteiger partial charge in [-0.3, -0.25) is 9.20 Å². The number of ketones is 1. The molecule has 0 amide bonds. The molecule has 1 saturated carbocycles. The van der Waals surface area contributed by atoms with Crippen LogP contribution in [0.4, 0.5) is 10.2 Å². The molecule has 2 N–H and O–H groups in total. The van der Waals surface area contributed by atoms with E-state index in [9.17, 15) is 4.79 Å². The van der Waals surface area contributed by atoms with Crippen molar-refractivity contribution >= 4 is 17.1 Å². The van der Waals surface area contributed by atoms with Gasteiger partial charge in [0.15, 0.2) is 5.78 Å². The summed E-state index contributed by atoms with van der Waals surface area (Å²) in [6, 6.07) is 13.3. The number of hydrogen-bond donors (Lipinski definition) is 1. The van der Waals surface area contributed by atoms with E-state index in [1.165, 1.54) is 12.5 Å². The van der Waals surface area contributed by atoms with Crippen LogP contribution in [-0.4, -0.2) is 20.2 Å². The molecule has 2 heterocycles. The van der Waals surface area contributed by atoms with E-state index in [-0.39, 0.29) is 5.78 Å². The number of imidazole rings is 1. The highest BCUT2D eigenvalue weighted by molar-refractivity contribution is 6.09. The fraction of sp³-hybridized carbons (Fsp3) is 0.174. The van der Waals surface area contributed by atoms with Gasteiger partial charge in [0.05, 0.1) is 0 Å². The molecule has 0 atom stereocenters. The number of nitrogen functional groups attached to an aromatic ring is 1. The normalized spacial score (nSPS) is 14.1. The molecule has 1 aliphatic carbocycles. The van der Waals surface area contributed by atoms with Gasteiger partial charge in [-0.25, -0.2) is 14.4 Å². The Morgan fingerprint density at radius 2 is 1.90 bits per heavy atom. The summed E-state index contributed by atoms with van der Waals surface area (Å²) in [5, 5.41) is 0. The molecular formula is C23H19FN4O. The lowest BCUT2D eigenvalue weighted by Gasteiger charge is -2.23. The number of nitrogens with zero attached hydrogens (tertiary/aromatic N) is 3. The van der Waals surface area contributed by atoms with Gasteiger partial charge in [-0.15, -0.1) is 0 Å². The Morgan fingerprint density at radius 3 is 2.59 bits per heavy atom. The topological polar surface area (TPSA) is 73.3 Å². The van der Waals surface area contributed by atoms with E-state index in [1.54, 1.807) is 42.6 Å². The van der Waals surface area contributed by atoms with E-state index < -0.39 is 5.82 Å². The van der Waals surface area contributed by atoms with Crippen molar-refractivity contribution in [2.75, 3.05) is 5.73 Å². The van der Waals surface area contributed by atoms with Crippen molar-refractivity contribution < 1.29 is 9.18 Å². The first kappa shape index (κ1) is 17.6. The first-order chi connectivity index (χ1) is 14.1. The van der Waals surface area contributed by atoms with E-state index in [4.69, 9.17) is 10.7 Å². The maximum absolute atomic E-state index is 15.1. The molecule has 0 spiro atoms. The molecule has 0 radical (unpaired) electrons. The number of benzene rings is 2. The van der Waals surface area contributed by atoms with E-state index >= 15 is 4.39 Å². The van der Waals surface area contributed by atoms with Crippen molar-refractivity contribution in [2.24, 2.45) is 0 Å². The van der Waals surface area contributed by atoms with Crippen LogP contribution in [0.1, 0.15) is 46.9 Å². The van der Waals surface area contributed by atoms with Crippen LogP contribution in [0.25, 0.3) is 16.8 Å². The maximum atomic E-state index is 15.1. The van der Waals surface area contributed by atoms with Crippen LogP contribution in [0.5, 0.6) is 0 Å². The summed E-state index contributed by atoms with van der Waals surface area (Å²) < 4.78 is 17.0. The van der Waals surface area contributed by atoms with E-state index in [2.05, 4.69) is 4.98 Å². The number of carbonyl (C=O) groups excluding carboxylic acids is 1. The van der Waals surface area contributed by atoms with Gasteiger partial charge >= 0.3 is 0 Å². The molecule has 0 bridgehead atoms. The molecule has 4 aromatic rings. The third-order valence-electron chi connectivity index (χ3n) is 5.60. The highest BCUT2D eigenvalue weighted by Gasteiger charge is 2.27. The maximum Gasteiger partial charge on any atom is 0.193 e. The molecule has 6 heteroatoms. The minimum Gasteiger partial charge on any atom is -0.382 e. The van der Waals surface area contributed by atoms with Crippen molar-refractivity contribution in [3.8, 4) is 11.3 Å².